The lowest BCUT2D eigenvalue weighted by atomic mass is 9.83. The molecule has 0 radical (unpaired) electrons. The largest absolute Gasteiger partial charge is 0.352 e. The zero-order valence-electron chi connectivity index (χ0n) is 15.0. The number of halogens is 1. The maximum atomic E-state index is 7.88. The first-order valence-corrected chi connectivity index (χ1v) is 9.38. The second-order valence-electron chi connectivity index (χ2n) is 6.53. The van der Waals surface area contributed by atoms with E-state index < -0.39 is 0 Å². The van der Waals surface area contributed by atoms with Gasteiger partial charge in [0.1, 0.15) is 0 Å². The minimum atomic E-state index is -0.247. The summed E-state index contributed by atoms with van der Waals surface area (Å²) in [5.41, 5.74) is 5.47. The SMILES string of the molecule is [C-]#[N+]C1=C(CCC)Nc2n[nH]c(-c3ccccc3)c2C1c1ccccc1Cl. The molecule has 2 heterocycles. The molecule has 134 valence electrons. The van der Waals surface area contributed by atoms with Crippen LogP contribution in [0.25, 0.3) is 16.1 Å². The summed E-state index contributed by atoms with van der Waals surface area (Å²) in [6, 6.07) is 17.8. The second kappa shape index (κ2) is 7.30. The van der Waals surface area contributed by atoms with E-state index in [9.17, 15) is 0 Å². The fourth-order valence-electron chi connectivity index (χ4n) is 3.65. The molecule has 1 atom stereocenters. The van der Waals surface area contributed by atoms with E-state index in [0.29, 0.717) is 10.7 Å². The first kappa shape index (κ1) is 17.4. The van der Waals surface area contributed by atoms with Crippen LogP contribution in [-0.2, 0) is 0 Å². The highest BCUT2D eigenvalue weighted by Gasteiger charge is 2.35. The third-order valence-electron chi connectivity index (χ3n) is 4.84. The van der Waals surface area contributed by atoms with Gasteiger partial charge < -0.3 is 5.32 Å². The van der Waals surface area contributed by atoms with Crippen LogP contribution in [0, 0.1) is 6.57 Å². The number of aromatic nitrogens is 2. The molecule has 1 unspecified atom stereocenters. The number of allylic oxidation sites excluding steroid dienone is 2. The molecule has 0 aliphatic carbocycles. The normalized spacial score (nSPS) is 15.8. The third kappa shape index (κ3) is 3.01. The van der Waals surface area contributed by atoms with Gasteiger partial charge >= 0.3 is 0 Å². The maximum Gasteiger partial charge on any atom is 0.196 e. The van der Waals surface area contributed by atoms with Gasteiger partial charge in [0.25, 0.3) is 0 Å². The molecule has 0 saturated carbocycles. The molecule has 4 nitrogen and oxygen atoms in total. The highest BCUT2D eigenvalue weighted by Crippen LogP contribution is 2.47. The second-order valence-corrected chi connectivity index (χ2v) is 6.94. The van der Waals surface area contributed by atoms with Gasteiger partial charge in [0.05, 0.1) is 18.2 Å². The van der Waals surface area contributed by atoms with E-state index in [1.165, 1.54) is 0 Å². The van der Waals surface area contributed by atoms with Crippen molar-refractivity contribution in [3.05, 3.63) is 93.6 Å². The minimum absolute atomic E-state index is 0.247. The van der Waals surface area contributed by atoms with Gasteiger partial charge in [-0.1, -0.05) is 73.5 Å². The number of benzene rings is 2. The zero-order valence-corrected chi connectivity index (χ0v) is 15.7. The molecule has 0 amide bonds. The number of hydrogen-bond donors (Lipinski definition) is 2. The summed E-state index contributed by atoms with van der Waals surface area (Å²) in [6.07, 6.45) is 1.74. The van der Waals surface area contributed by atoms with Crippen molar-refractivity contribution in [3.8, 4) is 11.3 Å². The summed E-state index contributed by atoms with van der Waals surface area (Å²) in [5, 5.41) is 11.7. The van der Waals surface area contributed by atoms with E-state index in [0.717, 1.165) is 46.7 Å². The molecule has 0 fully saturated rings. The molecule has 2 aromatic carbocycles. The van der Waals surface area contributed by atoms with Gasteiger partial charge in [-0.05, 0) is 23.6 Å². The molecule has 3 aromatic rings. The van der Waals surface area contributed by atoms with Crippen LogP contribution in [0.5, 0.6) is 0 Å². The van der Waals surface area contributed by atoms with Crippen LogP contribution in [0.2, 0.25) is 5.02 Å². The Morgan fingerprint density at radius 1 is 1.11 bits per heavy atom. The van der Waals surface area contributed by atoms with E-state index in [-0.39, 0.29) is 5.92 Å². The number of nitrogens with zero attached hydrogens (tertiary/aromatic N) is 2. The van der Waals surface area contributed by atoms with E-state index in [4.69, 9.17) is 18.2 Å². The molecule has 0 bridgehead atoms. The summed E-state index contributed by atoms with van der Waals surface area (Å²) in [6.45, 7) is 9.99. The number of H-pyrrole nitrogens is 1. The Labute approximate surface area is 163 Å². The molecule has 0 saturated heterocycles. The van der Waals surface area contributed by atoms with Crippen LogP contribution < -0.4 is 5.32 Å². The molecule has 1 aliphatic rings. The first-order valence-electron chi connectivity index (χ1n) is 9.00. The van der Waals surface area contributed by atoms with Crippen LogP contribution in [0.1, 0.15) is 36.8 Å². The summed E-state index contributed by atoms with van der Waals surface area (Å²) >= 11 is 6.56. The highest BCUT2D eigenvalue weighted by atomic mass is 35.5. The predicted molar refractivity (Wildman–Crippen MR) is 109 cm³/mol. The van der Waals surface area contributed by atoms with Gasteiger partial charge in [-0.3, -0.25) is 5.10 Å². The van der Waals surface area contributed by atoms with Gasteiger partial charge in [0.15, 0.2) is 11.5 Å². The fourth-order valence-corrected chi connectivity index (χ4v) is 3.90. The highest BCUT2D eigenvalue weighted by molar-refractivity contribution is 6.31. The fraction of sp³-hybridized carbons (Fsp3) is 0.182. The van der Waals surface area contributed by atoms with Crippen molar-refractivity contribution in [3.63, 3.8) is 0 Å². The Hall–Kier alpha value is -3.03. The topological polar surface area (TPSA) is 45.1 Å². The standard InChI is InChI=1S/C22H19ClN4/c1-3-9-17-21(24-2)18(15-12-7-8-13-16(15)23)19-20(26-27-22(19)25-17)14-10-5-4-6-11-14/h4-8,10-13,18H,3,9H2,1H3,(H2,25,26,27). The first-order chi connectivity index (χ1) is 13.2. The summed E-state index contributed by atoms with van der Waals surface area (Å²) in [4.78, 5) is 3.93. The van der Waals surface area contributed by atoms with E-state index in [1.807, 2.05) is 54.6 Å². The molecule has 4 rings (SSSR count). The van der Waals surface area contributed by atoms with Gasteiger partial charge in [0, 0.05) is 16.3 Å². The van der Waals surface area contributed by atoms with Crippen molar-refractivity contribution >= 4 is 17.4 Å². The van der Waals surface area contributed by atoms with Crippen LogP contribution >= 0.6 is 11.6 Å². The van der Waals surface area contributed by atoms with Crippen molar-refractivity contribution in [1.29, 1.82) is 0 Å². The molecule has 1 aromatic heterocycles. The van der Waals surface area contributed by atoms with E-state index in [1.54, 1.807) is 0 Å². The monoisotopic (exact) mass is 374 g/mol. The van der Waals surface area contributed by atoms with Gasteiger partial charge in [-0.25, -0.2) is 4.85 Å². The zero-order chi connectivity index (χ0) is 18.8. The van der Waals surface area contributed by atoms with Crippen molar-refractivity contribution < 1.29 is 0 Å². The van der Waals surface area contributed by atoms with Crippen molar-refractivity contribution in [1.82, 2.24) is 10.2 Å². The van der Waals surface area contributed by atoms with Gasteiger partial charge in [-0.2, -0.15) is 5.10 Å². The molecular formula is C22H19ClN4. The molecule has 0 spiro atoms. The van der Waals surface area contributed by atoms with Crippen LogP contribution in [0.15, 0.2) is 66.0 Å². The van der Waals surface area contributed by atoms with Gasteiger partial charge in [-0.15, -0.1) is 0 Å². The lowest BCUT2D eigenvalue weighted by Crippen LogP contribution is -2.18. The Morgan fingerprint density at radius 2 is 1.85 bits per heavy atom. The molecule has 5 heteroatoms. The van der Waals surface area contributed by atoms with Crippen molar-refractivity contribution in [2.24, 2.45) is 0 Å². The number of anilines is 1. The smallest absolute Gasteiger partial charge is 0.196 e. The van der Waals surface area contributed by atoms with Crippen LogP contribution in [0.3, 0.4) is 0 Å². The number of rotatable bonds is 4. The predicted octanol–water partition coefficient (Wildman–Crippen LogP) is 6.22. The third-order valence-corrected chi connectivity index (χ3v) is 5.19. The molecule has 27 heavy (non-hydrogen) atoms. The summed E-state index contributed by atoms with van der Waals surface area (Å²) in [5.74, 6) is 0.526. The number of aromatic amines is 1. The average molecular weight is 375 g/mol. The number of fused-ring (bicyclic) bond motifs is 1. The van der Waals surface area contributed by atoms with Gasteiger partial charge in [0.2, 0.25) is 0 Å². The minimum Gasteiger partial charge on any atom is -0.352 e. The Balaban J connectivity index is 1.98. The van der Waals surface area contributed by atoms with Crippen LogP contribution in [0.4, 0.5) is 5.82 Å². The van der Waals surface area contributed by atoms with E-state index >= 15 is 0 Å². The lowest BCUT2D eigenvalue weighted by Gasteiger charge is -2.27. The average Bonchev–Trinajstić information content (AvgIpc) is 3.12. The van der Waals surface area contributed by atoms with E-state index in [2.05, 4.69) is 27.3 Å². The van der Waals surface area contributed by atoms with Crippen LogP contribution in [-0.4, -0.2) is 10.2 Å². The quantitative estimate of drug-likeness (QED) is 0.532. The molecule has 2 N–H and O–H groups in total. The maximum absolute atomic E-state index is 7.88. The number of hydrogen-bond acceptors (Lipinski definition) is 2. The van der Waals surface area contributed by atoms with Crippen molar-refractivity contribution in [2.45, 2.75) is 25.7 Å². The molecule has 1 aliphatic heterocycles. The Kier molecular flexibility index (Phi) is 4.70. The summed E-state index contributed by atoms with van der Waals surface area (Å²) in [7, 11) is 0. The molecular weight excluding hydrogens is 356 g/mol. The lowest BCUT2D eigenvalue weighted by molar-refractivity contribution is 0.845. The Bertz CT molecular complexity index is 1040. The summed E-state index contributed by atoms with van der Waals surface area (Å²) < 4.78 is 0. The Morgan fingerprint density at radius 3 is 2.56 bits per heavy atom. The van der Waals surface area contributed by atoms with Crippen molar-refractivity contribution in [2.75, 3.05) is 5.32 Å². The number of nitrogens with one attached hydrogen (secondary N) is 2.